The maximum atomic E-state index is 13.3. The molecule has 0 amide bonds. The maximum absolute atomic E-state index is 13.3. The fourth-order valence-electron chi connectivity index (χ4n) is 3.56. The molecule has 120 valence electrons. The normalized spacial score (nSPS) is 22.5. The number of alkyl halides is 3. The van der Waals surface area contributed by atoms with Gasteiger partial charge in [0.05, 0.1) is 11.3 Å². The first-order valence-corrected chi connectivity index (χ1v) is 7.83. The van der Waals surface area contributed by atoms with Crippen LogP contribution in [0.1, 0.15) is 36.4 Å². The Kier molecular flexibility index (Phi) is 3.23. The van der Waals surface area contributed by atoms with E-state index in [1.165, 1.54) is 25.1 Å². The summed E-state index contributed by atoms with van der Waals surface area (Å²) in [5.41, 5.74) is 1.23. The van der Waals surface area contributed by atoms with Crippen LogP contribution in [0.15, 0.2) is 42.6 Å². The molecule has 0 bridgehead atoms. The lowest BCUT2D eigenvalue weighted by molar-refractivity contribution is -0.137. The molecule has 5 heteroatoms. The van der Waals surface area contributed by atoms with Gasteiger partial charge in [0, 0.05) is 24.3 Å². The molecule has 1 spiro atoms. The van der Waals surface area contributed by atoms with Crippen molar-refractivity contribution in [1.29, 1.82) is 0 Å². The van der Waals surface area contributed by atoms with Crippen molar-refractivity contribution in [1.82, 2.24) is 10.3 Å². The molecule has 1 N–H and O–H groups in total. The summed E-state index contributed by atoms with van der Waals surface area (Å²) in [6.45, 7) is 0.959. The van der Waals surface area contributed by atoms with Gasteiger partial charge in [-0.05, 0) is 42.4 Å². The van der Waals surface area contributed by atoms with E-state index in [4.69, 9.17) is 0 Å². The summed E-state index contributed by atoms with van der Waals surface area (Å²) in [7, 11) is 0. The molecule has 2 aromatic rings. The van der Waals surface area contributed by atoms with Gasteiger partial charge in [-0.1, -0.05) is 24.3 Å². The minimum Gasteiger partial charge on any atom is -0.309 e. The number of rotatable bonds is 2. The molecule has 2 heterocycles. The lowest BCUT2D eigenvalue weighted by Gasteiger charge is -2.18. The lowest BCUT2D eigenvalue weighted by Crippen LogP contribution is -2.15. The molecule has 1 atom stereocenters. The van der Waals surface area contributed by atoms with E-state index >= 15 is 0 Å². The molecule has 2 fully saturated rings. The Morgan fingerprint density at radius 2 is 1.87 bits per heavy atom. The van der Waals surface area contributed by atoms with Gasteiger partial charge in [0.1, 0.15) is 0 Å². The highest BCUT2D eigenvalue weighted by Gasteiger charge is 2.48. The van der Waals surface area contributed by atoms with E-state index in [-0.39, 0.29) is 11.7 Å². The van der Waals surface area contributed by atoms with Crippen LogP contribution in [0.2, 0.25) is 0 Å². The summed E-state index contributed by atoms with van der Waals surface area (Å²) >= 11 is 0. The topological polar surface area (TPSA) is 24.9 Å². The summed E-state index contributed by atoms with van der Waals surface area (Å²) in [4.78, 5) is 4.05. The smallest absolute Gasteiger partial charge is 0.309 e. The Morgan fingerprint density at radius 3 is 2.57 bits per heavy atom. The van der Waals surface area contributed by atoms with Gasteiger partial charge in [0.2, 0.25) is 0 Å². The highest BCUT2D eigenvalue weighted by molar-refractivity contribution is 5.68. The molecular weight excluding hydrogens is 301 g/mol. The average molecular weight is 318 g/mol. The van der Waals surface area contributed by atoms with Crippen molar-refractivity contribution < 1.29 is 13.2 Å². The molecule has 4 rings (SSSR count). The van der Waals surface area contributed by atoms with Crippen LogP contribution in [0.5, 0.6) is 0 Å². The number of nitrogens with one attached hydrogen (secondary N) is 1. The summed E-state index contributed by atoms with van der Waals surface area (Å²) in [5.74, 6) is 0. The Labute approximate surface area is 132 Å². The van der Waals surface area contributed by atoms with Crippen LogP contribution in [-0.4, -0.2) is 11.5 Å². The van der Waals surface area contributed by atoms with Crippen LogP contribution in [0, 0.1) is 5.41 Å². The zero-order valence-corrected chi connectivity index (χ0v) is 12.5. The zero-order valence-electron chi connectivity index (χ0n) is 12.5. The van der Waals surface area contributed by atoms with Crippen LogP contribution in [-0.2, 0) is 6.18 Å². The van der Waals surface area contributed by atoms with Gasteiger partial charge in [-0.3, -0.25) is 4.98 Å². The van der Waals surface area contributed by atoms with Crippen LogP contribution in [0.4, 0.5) is 13.2 Å². The number of pyridine rings is 1. The van der Waals surface area contributed by atoms with E-state index in [1.807, 2.05) is 12.1 Å². The Balaban J connectivity index is 1.79. The van der Waals surface area contributed by atoms with Crippen molar-refractivity contribution in [3.8, 4) is 11.3 Å². The quantitative estimate of drug-likeness (QED) is 0.876. The second kappa shape index (κ2) is 5.06. The third-order valence-electron chi connectivity index (χ3n) is 5.02. The van der Waals surface area contributed by atoms with Gasteiger partial charge in [0.15, 0.2) is 0 Å². The molecule has 1 saturated heterocycles. The van der Waals surface area contributed by atoms with Crippen molar-refractivity contribution in [3.05, 3.63) is 53.7 Å². The van der Waals surface area contributed by atoms with Crippen LogP contribution in [0.25, 0.3) is 11.3 Å². The third kappa shape index (κ3) is 2.63. The van der Waals surface area contributed by atoms with Gasteiger partial charge in [-0.25, -0.2) is 0 Å². The van der Waals surface area contributed by atoms with Crippen LogP contribution >= 0.6 is 0 Å². The highest BCUT2D eigenvalue weighted by Crippen LogP contribution is 2.55. The number of halogens is 3. The summed E-state index contributed by atoms with van der Waals surface area (Å²) in [6.07, 6.45) is 0.452. The van der Waals surface area contributed by atoms with Crippen molar-refractivity contribution >= 4 is 0 Å². The predicted molar refractivity (Wildman–Crippen MR) is 81.7 cm³/mol. The molecule has 23 heavy (non-hydrogen) atoms. The largest absolute Gasteiger partial charge is 0.418 e. The van der Waals surface area contributed by atoms with Gasteiger partial charge in [-0.2, -0.15) is 13.2 Å². The standard InChI is InChI=1S/C18H17F3N2/c19-18(20,21)14-6-3-9-22-16(14)13-5-2-1-4-12(13)15-10-17(7-8-17)11-23-15/h1-6,9,15,23H,7-8,10-11H2/t15-/m0/s1. The van der Waals surface area contributed by atoms with Crippen molar-refractivity contribution in [3.63, 3.8) is 0 Å². The molecule has 2 aliphatic rings. The lowest BCUT2D eigenvalue weighted by atomic mass is 9.92. The zero-order chi connectivity index (χ0) is 16.1. The molecule has 0 radical (unpaired) electrons. The Bertz CT molecular complexity index is 735. The minimum atomic E-state index is -4.41. The Hall–Kier alpha value is -1.88. The van der Waals surface area contributed by atoms with E-state index in [9.17, 15) is 13.2 Å². The van der Waals surface area contributed by atoms with Gasteiger partial charge >= 0.3 is 6.18 Å². The molecule has 2 nitrogen and oxygen atoms in total. The maximum Gasteiger partial charge on any atom is 0.418 e. The number of hydrogen-bond donors (Lipinski definition) is 1. The first kappa shape index (κ1) is 14.7. The average Bonchev–Trinajstić information content (AvgIpc) is 3.16. The van der Waals surface area contributed by atoms with Gasteiger partial charge < -0.3 is 5.32 Å². The van der Waals surface area contributed by atoms with Gasteiger partial charge in [0.25, 0.3) is 0 Å². The molecule has 1 aromatic carbocycles. The first-order valence-electron chi connectivity index (χ1n) is 7.83. The minimum absolute atomic E-state index is 0.0224. The first-order chi connectivity index (χ1) is 11.0. The SMILES string of the molecule is FC(F)(F)c1cccnc1-c1ccccc1[C@@H]1CC2(CC2)CN1. The number of aromatic nitrogens is 1. The van der Waals surface area contributed by atoms with E-state index in [1.54, 1.807) is 12.1 Å². The number of nitrogens with zero attached hydrogens (tertiary/aromatic N) is 1. The van der Waals surface area contributed by atoms with E-state index < -0.39 is 11.7 Å². The van der Waals surface area contributed by atoms with E-state index in [0.29, 0.717) is 11.0 Å². The van der Waals surface area contributed by atoms with E-state index in [0.717, 1.165) is 24.6 Å². The molecule has 1 aliphatic heterocycles. The summed E-state index contributed by atoms with van der Waals surface area (Å²) < 4.78 is 40.0. The second-order valence-electron chi connectivity index (χ2n) is 6.62. The Morgan fingerprint density at radius 1 is 1.09 bits per heavy atom. The predicted octanol–water partition coefficient (Wildman–Crippen LogP) is 4.58. The second-order valence-corrected chi connectivity index (χ2v) is 6.62. The van der Waals surface area contributed by atoms with Crippen molar-refractivity contribution in [2.24, 2.45) is 5.41 Å². The van der Waals surface area contributed by atoms with Gasteiger partial charge in [-0.15, -0.1) is 0 Å². The fourth-order valence-corrected chi connectivity index (χ4v) is 3.56. The summed E-state index contributed by atoms with van der Waals surface area (Å²) in [5, 5.41) is 3.48. The highest BCUT2D eigenvalue weighted by atomic mass is 19.4. The summed E-state index contributed by atoms with van der Waals surface area (Å²) in [6, 6.07) is 9.86. The third-order valence-corrected chi connectivity index (χ3v) is 5.02. The molecule has 0 unspecified atom stereocenters. The number of hydrogen-bond acceptors (Lipinski definition) is 2. The van der Waals surface area contributed by atoms with Crippen molar-refractivity contribution in [2.45, 2.75) is 31.5 Å². The molecule has 1 aliphatic carbocycles. The monoisotopic (exact) mass is 318 g/mol. The molecular formula is C18H17F3N2. The van der Waals surface area contributed by atoms with Crippen LogP contribution in [0.3, 0.4) is 0 Å². The fraction of sp³-hybridized carbons (Fsp3) is 0.389. The van der Waals surface area contributed by atoms with Crippen molar-refractivity contribution in [2.75, 3.05) is 6.54 Å². The van der Waals surface area contributed by atoms with Crippen LogP contribution < -0.4 is 5.32 Å². The molecule has 1 saturated carbocycles. The molecule has 1 aromatic heterocycles. The van der Waals surface area contributed by atoms with E-state index in [2.05, 4.69) is 10.3 Å². The number of benzene rings is 1.